The summed E-state index contributed by atoms with van der Waals surface area (Å²) in [6, 6.07) is 17.3. The van der Waals surface area contributed by atoms with Crippen molar-refractivity contribution in [1.29, 1.82) is 0 Å². The average Bonchev–Trinajstić information content (AvgIpc) is 3.49. The van der Waals surface area contributed by atoms with Crippen LogP contribution in [0.25, 0.3) is 17.1 Å². The molecule has 0 saturated carbocycles. The van der Waals surface area contributed by atoms with Gasteiger partial charge >= 0.3 is 12.4 Å². The Balaban J connectivity index is 1.21. The lowest BCUT2D eigenvalue weighted by Gasteiger charge is -2.40. The molecule has 2 amide bonds. The Morgan fingerprint density at radius 2 is 1.54 bits per heavy atom. The molecular weight excluding hydrogens is 660 g/mol. The number of hydrogen-bond acceptors (Lipinski definition) is 6. The fraction of sp³-hybridized carbons (Fsp3) is 0.333. The number of halogens is 6. The van der Waals surface area contributed by atoms with Crippen molar-refractivity contribution in [2.45, 2.75) is 43.3 Å². The minimum Gasteiger partial charge on any atom is -0.495 e. The first-order valence-electron chi connectivity index (χ1n) is 14.9. The molecule has 0 aliphatic carbocycles. The van der Waals surface area contributed by atoms with Gasteiger partial charge in [-0.05, 0) is 43.7 Å². The average molecular weight is 692 g/mol. The van der Waals surface area contributed by atoms with Gasteiger partial charge in [-0.15, -0.1) is 10.2 Å². The molecule has 15 heteroatoms. The van der Waals surface area contributed by atoms with Gasteiger partial charge in [-0.3, -0.25) is 14.2 Å². The highest BCUT2D eigenvalue weighted by Crippen LogP contribution is 2.37. The topological polar surface area (TPSA) is 80.6 Å². The van der Waals surface area contributed by atoms with E-state index >= 15 is 0 Å². The molecule has 1 fully saturated rings. The van der Waals surface area contributed by atoms with Crippen LogP contribution < -0.4 is 4.74 Å². The minimum absolute atomic E-state index is 0.0142. The summed E-state index contributed by atoms with van der Waals surface area (Å²) in [5.41, 5.74) is -2.21. The Bertz CT molecular complexity index is 1730. The van der Waals surface area contributed by atoms with E-state index in [0.717, 1.165) is 11.3 Å². The van der Waals surface area contributed by atoms with Crippen LogP contribution in [-0.2, 0) is 17.1 Å². The van der Waals surface area contributed by atoms with E-state index in [4.69, 9.17) is 4.74 Å². The third kappa shape index (κ3) is 7.77. The molecule has 1 unspecified atom stereocenters. The van der Waals surface area contributed by atoms with Crippen LogP contribution in [0.15, 0.2) is 78.0 Å². The molecule has 1 aliphatic heterocycles. The van der Waals surface area contributed by atoms with Crippen LogP contribution in [-0.4, -0.2) is 74.9 Å². The minimum atomic E-state index is -5.07. The molecule has 3 aromatic carbocycles. The van der Waals surface area contributed by atoms with E-state index in [-0.39, 0.29) is 38.0 Å². The number of rotatable bonds is 9. The van der Waals surface area contributed by atoms with Gasteiger partial charge in [0.15, 0.2) is 11.0 Å². The van der Waals surface area contributed by atoms with Crippen molar-refractivity contribution >= 4 is 23.6 Å². The molecule has 0 spiro atoms. The van der Waals surface area contributed by atoms with Crippen molar-refractivity contribution in [2.75, 3.05) is 32.5 Å². The maximum Gasteiger partial charge on any atom is 0.416 e. The number of amides is 2. The molecule has 1 aromatic heterocycles. The molecular formula is C33H31F6N5O3S. The molecule has 5 rings (SSSR count). The number of methoxy groups -OCH3 is 1. The van der Waals surface area contributed by atoms with Crippen molar-refractivity contribution in [3.63, 3.8) is 0 Å². The number of carbonyl (C=O) groups is 2. The second-order valence-electron chi connectivity index (χ2n) is 11.1. The summed E-state index contributed by atoms with van der Waals surface area (Å²) in [5, 5.41) is 9.45. The van der Waals surface area contributed by atoms with Crippen LogP contribution in [0, 0.1) is 0 Å². The highest BCUT2D eigenvalue weighted by atomic mass is 32.2. The number of piperazine rings is 1. The normalized spacial score (nSPS) is 15.5. The lowest BCUT2D eigenvalue weighted by atomic mass is 10.0. The summed E-state index contributed by atoms with van der Waals surface area (Å²) in [7, 11) is 1.58. The van der Waals surface area contributed by atoms with Crippen molar-refractivity contribution < 1.29 is 40.7 Å². The van der Waals surface area contributed by atoms with E-state index < -0.39 is 41.0 Å². The summed E-state index contributed by atoms with van der Waals surface area (Å²) in [6.45, 7) is 1.74. The summed E-state index contributed by atoms with van der Waals surface area (Å²) in [6.07, 6.45) is -9.47. The van der Waals surface area contributed by atoms with E-state index in [2.05, 4.69) is 10.2 Å². The highest BCUT2D eigenvalue weighted by Gasteiger charge is 2.39. The first-order valence-corrected chi connectivity index (χ1v) is 15.9. The lowest BCUT2D eigenvalue weighted by Crippen LogP contribution is -2.55. The van der Waals surface area contributed by atoms with E-state index in [1.807, 2.05) is 59.2 Å². The Morgan fingerprint density at radius 3 is 2.17 bits per heavy atom. The van der Waals surface area contributed by atoms with E-state index in [1.165, 1.54) is 16.7 Å². The number of para-hydroxylation sites is 2. The Labute approximate surface area is 276 Å². The Hall–Kier alpha value is -4.53. The number of benzene rings is 3. The molecule has 0 bridgehead atoms. The zero-order valence-corrected chi connectivity index (χ0v) is 26.7. The number of aromatic nitrogens is 3. The molecule has 1 saturated heterocycles. The van der Waals surface area contributed by atoms with Crippen LogP contribution >= 0.6 is 11.8 Å². The van der Waals surface area contributed by atoms with Gasteiger partial charge < -0.3 is 14.5 Å². The fourth-order valence-corrected chi connectivity index (χ4v) is 6.33. The number of ether oxygens (including phenoxy) is 1. The lowest BCUT2D eigenvalue weighted by molar-refractivity contribution is -0.143. The van der Waals surface area contributed by atoms with Crippen molar-refractivity contribution in [3.05, 3.63) is 89.5 Å². The third-order valence-electron chi connectivity index (χ3n) is 7.83. The Morgan fingerprint density at radius 1 is 0.896 bits per heavy atom. The van der Waals surface area contributed by atoms with Gasteiger partial charge in [-0.2, -0.15) is 26.3 Å². The molecule has 254 valence electrons. The molecule has 0 radical (unpaired) electrons. The van der Waals surface area contributed by atoms with Gasteiger partial charge in [-0.25, -0.2) is 0 Å². The molecule has 2 heterocycles. The molecule has 1 aliphatic rings. The predicted molar refractivity (Wildman–Crippen MR) is 167 cm³/mol. The van der Waals surface area contributed by atoms with Gasteiger partial charge in [0.1, 0.15) is 5.75 Å². The fourth-order valence-electron chi connectivity index (χ4n) is 5.44. The first kappa shape index (κ1) is 34.8. The van der Waals surface area contributed by atoms with Crippen LogP contribution in [0.1, 0.15) is 41.3 Å². The van der Waals surface area contributed by atoms with Gasteiger partial charge in [-0.1, -0.05) is 54.2 Å². The predicted octanol–water partition coefficient (Wildman–Crippen LogP) is 7.23. The molecule has 4 aromatic rings. The zero-order valence-electron chi connectivity index (χ0n) is 25.9. The number of nitrogens with zero attached hydrogens (tertiary/aromatic N) is 5. The highest BCUT2D eigenvalue weighted by molar-refractivity contribution is 7.99. The second kappa shape index (κ2) is 14.3. The molecule has 48 heavy (non-hydrogen) atoms. The molecule has 1 atom stereocenters. The summed E-state index contributed by atoms with van der Waals surface area (Å²) >= 11 is 1.42. The van der Waals surface area contributed by atoms with Gasteiger partial charge in [0.25, 0.3) is 5.91 Å². The van der Waals surface area contributed by atoms with E-state index in [9.17, 15) is 35.9 Å². The van der Waals surface area contributed by atoms with Crippen LogP contribution in [0.2, 0.25) is 0 Å². The van der Waals surface area contributed by atoms with Gasteiger partial charge in [0, 0.05) is 49.0 Å². The maximum atomic E-state index is 13.3. The number of carbonyl (C=O) groups excluding carboxylic acids is 2. The van der Waals surface area contributed by atoms with E-state index in [1.54, 1.807) is 18.9 Å². The smallest absolute Gasteiger partial charge is 0.416 e. The van der Waals surface area contributed by atoms with Gasteiger partial charge in [0.2, 0.25) is 5.91 Å². The van der Waals surface area contributed by atoms with Crippen molar-refractivity contribution in [2.24, 2.45) is 0 Å². The number of thioether (sulfide) groups is 1. The Kier molecular flexibility index (Phi) is 10.4. The summed E-state index contributed by atoms with van der Waals surface area (Å²) < 4.78 is 87.5. The first-order chi connectivity index (χ1) is 22.8. The third-order valence-corrected chi connectivity index (χ3v) is 8.85. The molecule has 8 nitrogen and oxygen atoms in total. The largest absolute Gasteiger partial charge is 0.495 e. The number of alkyl halides is 6. The van der Waals surface area contributed by atoms with Crippen molar-refractivity contribution in [1.82, 2.24) is 24.6 Å². The monoisotopic (exact) mass is 691 g/mol. The standard InChI is InChI=1S/C33H31F6N5O3S/c1-21-20-42(14-15-43(21)30(46)23-17-24(32(34,35)36)19-25(18-23)33(37,38)39)28(45)13-8-16-48-31-41-40-29(22-9-4-3-5-10-22)44(31)26-11-6-7-12-27(26)47-2/h3-7,9-12,17-19,21H,8,13-16,20H2,1-2H3. The maximum absolute atomic E-state index is 13.3. The second-order valence-corrected chi connectivity index (χ2v) is 12.2. The van der Waals surface area contributed by atoms with Crippen LogP contribution in [0.3, 0.4) is 0 Å². The van der Waals surface area contributed by atoms with Crippen molar-refractivity contribution in [3.8, 4) is 22.8 Å². The molecule has 0 N–H and O–H groups in total. The zero-order chi connectivity index (χ0) is 34.6. The summed E-state index contributed by atoms with van der Waals surface area (Å²) in [4.78, 5) is 29.0. The SMILES string of the molecule is COc1ccccc1-n1c(SCCCC(=O)N2CCN(C(=O)c3cc(C(F)(F)F)cc(C(F)(F)F)c3)C(C)C2)nnc1-c1ccccc1. The van der Waals surface area contributed by atoms with Crippen LogP contribution in [0.5, 0.6) is 5.75 Å². The number of hydrogen-bond donors (Lipinski definition) is 0. The van der Waals surface area contributed by atoms with Gasteiger partial charge in [0.05, 0.1) is 23.9 Å². The quantitative estimate of drug-likeness (QED) is 0.105. The summed E-state index contributed by atoms with van der Waals surface area (Å²) in [5.74, 6) is 0.645. The van der Waals surface area contributed by atoms with E-state index in [0.29, 0.717) is 41.0 Å². The van der Waals surface area contributed by atoms with Crippen LogP contribution in [0.4, 0.5) is 26.3 Å².